The molecule has 3 heteroatoms. The first-order chi connectivity index (χ1) is 9.61. The molecule has 0 aromatic heterocycles. The van der Waals surface area contributed by atoms with Crippen molar-refractivity contribution in [1.82, 2.24) is 0 Å². The van der Waals surface area contributed by atoms with E-state index in [-0.39, 0.29) is 5.97 Å². The minimum Gasteiger partial charge on any atom is -0.427 e. The van der Waals surface area contributed by atoms with E-state index in [0.717, 1.165) is 12.0 Å². The molecule has 1 aromatic rings. The van der Waals surface area contributed by atoms with Crippen LogP contribution < -0.4 is 4.74 Å². The number of carbonyl (C=O) groups is 1. The lowest BCUT2D eigenvalue weighted by Gasteiger charge is -2.13. The molecule has 3 nitrogen and oxygen atoms in total. The highest BCUT2D eigenvalue weighted by Crippen LogP contribution is 2.15. The summed E-state index contributed by atoms with van der Waals surface area (Å²) >= 11 is 0. The van der Waals surface area contributed by atoms with Crippen molar-refractivity contribution in [3.05, 3.63) is 29.8 Å². The standard InChI is InChI=1S/C17H26O3/c1-4-5-6-7-8-14(2)19-13-16-9-11-17(12-10-16)20-15(3)18/h9-12,14H,4-8,13H2,1-3H3. The minimum absolute atomic E-state index is 0.292. The monoisotopic (exact) mass is 278 g/mol. The van der Waals surface area contributed by atoms with E-state index in [1.807, 2.05) is 12.1 Å². The molecule has 0 aliphatic heterocycles. The molecule has 0 saturated carbocycles. The van der Waals surface area contributed by atoms with Gasteiger partial charge in [0.15, 0.2) is 0 Å². The summed E-state index contributed by atoms with van der Waals surface area (Å²) in [6.45, 7) is 6.35. The number of rotatable bonds is 9. The predicted octanol–water partition coefficient (Wildman–Crippen LogP) is 4.49. The summed E-state index contributed by atoms with van der Waals surface area (Å²) in [6.07, 6.45) is 6.52. The number of hydrogen-bond acceptors (Lipinski definition) is 3. The van der Waals surface area contributed by atoms with E-state index < -0.39 is 0 Å². The van der Waals surface area contributed by atoms with E-state index >= 15 is 0 Å². The van der Waals surface area contributed by atoms with Crippen LogP contribution in [0.25, 0.3) is 0 Å². The van der Waals surface area contributed by atoms with Crippen LogP contribution >= 0.6 is 0 Å². The Bertz CT molecular complexity index is 384. The lowest BCUT2D eigenvalue weighted by Crippen LogP contribution is -2.08. The van der Waals surface area contributed by atoms with E-state index in [2.05, 4.69) is 13.8 Å². The average Bonchev–Trinajstić information content (AvgIpc) is 2.42. The highest BCUT2D eigenvalue weighted by Gasteiger charge is 2.03. The van der Waals surface area contributed by atoms with Crippen molar-refractivity contribution < 1.29 is 14.3 Å². The second-order valence-corrected chi connectivity index (χ2v) is 5.21. The molecule has 0 radical (unpaired) electrons. The Hall–Kier alpha value is -1.35. The van der Waals surface area contributed by atoms with Gasteiger partial charge >= 0.3 is 5.97 Å². The molecule has 1 rings (SSSR count). The fraction of sp³-hybridized carbons (Fsp3) is 0.588. The Morgan fingerprint density at radius 2 is 1.85 bits per heavy atom. The molecular weight excluding hydrogens is 252 g/mol. The van der Waals surface area contributed by atoms with Gasteiger partial charge in [-0.3, -0.25) is 4.79 Å². The quantitative estimate of drug-likeness (QED) is 0.379. The maximum Gasteiger partial charge on any atom is 0.308 e. The van der Waals surface area contributed by atoms with Crippen LogP contribution in [0.4, 0.5) is 0 Å². The van der Waals surface area contributed by atoms with Gasteiger partial charge in [-0.1, -0.05) is 44.7 Å². The van der Waals surface area contributed by atoms with Gasteiger partial charge < -0.3 is 9.47 Å². The third-order valence-electron chi connectivity index (χ3n) is 3.18. The molecule has 0 saturated heterocycles. The molecule has 0 heterocycles. The Labute approximate surface area is 122 Å². The van der Waals surface area contributed by atoms with Gasteiger partial charge in [0, 0.05) is 6.92 Å². The molecule has 0 bridgehead atoms. The van der Waals surface area contributed by atoms with Crippen molar-refractivity contribution >= 4 is 5.97 Å². The summed E-state index contributed by atoms with van der Waals surface area (Å²) in [7, 11) is 0. The van der Waals surface area contributed by atoms with Gasteiger partial charge in [-0.25, -0.2) is 0 Å². The molecule has 1 aromatic carbocycles. The summed E-state index contributed by atoms with van der Waals surface area (Å²) in [5, 5.41) is 0. The molecule has 112 valence electrons. The van der Waals surface area contributed by atoms with Crippen LogP contribution in [-0.4, -0.2) is 12.1 Å². The van der Waals surface area contributed by atoms with Crippen molar-refractivity contribution in [2.45, 2.75) is 65.6 Å². The fourth-order valence-electron chi connectivity index (χ4n) is 2.00. The number of carbonyl (C=O) groups excluding carboxylic acids is 1. The number of esters is 1. The molecule has 0 N–H and O–H groups in total. The van der Waals surface area contributed by atoms with Gasteiger partial charge in [0.2, 0.25) is 0 Å². The summed E-state index contributed by atoms with van der Waals surface area (Å²) in [5.41, 5.74) is 1.10. The van der Waals surface area contributed by atoms with Gasteiger partial charge in [-0.15, -0.1) is 0 Å². The van der Waals surface area contributed by atoms with Crippen molar-refractivity contribution in [2.75, 3.05) is 0 Å². The van der Waals surface area contributed by atoms with Crippen LogP contribution in [0.3, 0.4) is 0 Å². The predicted molar refractivity (Wildman–Crippen MR) is 80.8 cm³/mol. The van der Waals surface area contributed by atoms with Gasteiger partial charge in [-0.05, 0) is 31.0 Å². The van der Waals surface area contributed by atoms with E-state index in [1.165, 1.54) is 32.6 Å². The Kier molecular flexibility index (Phi) is 7.97. The van der Waals surface area contributed by atoms with E-state index in [9.17, 15) is 4.79 Å². The minimum atomic E-state index is -0.297. The maximum absolute atomic E-state index is 10.8. The van der Waals surface area contributed by atoms with Crippen molar-refractivity contribution in [1.29, 1.82) is 0 Å². The van der Waals surface area contributed by atoms with Crippen LogP contribution in [0.15, 0.2) is 24.3 Å². The Morgan fingerprint density at radius 1 is 1.15 bits per heavy atom. The normalized spacial score (nSPS) is 12.2. The first kappa shape index (κ1) is 16.7. The highest BCUT2D eigenvalue weighted by molar-refractivity contribution is 5.69. The number of benzene rings is 1. The zero-order chi connectivity index (χ0) is 14.8. The van der Waals surface area contributed by atoms with Crippen LogP contribution in [-0.2, 0) is 16.1 Å². The first-order valence-electron chi connectivity index (χ1n) is 7.50. The van der Waals surface area contributed by atoms with E-state index in [0.29, 0.717) is 18.5 Å². The molecule has 0 spiro atoms. The number of unbranched alkanes of at least 4 members (excludes halogenated alkanes) is 3. The largest absolute Gasteiger partial charge is 0.427 e. The zero-order valence-corrected chi connectivity index (χ0v) is 12.9. The molecule has 1 unspecified atom stereocenters. The van der Waals surface area contributed by atoms with Crippen LogP contribution in [0.2, 0.25) is 0 Å². The van der Waals surface area contributed by atoms with E-state index in [4.69, 9.17) is 9.47 Å². The van der Waals surface area contributed by atoms with Crippen LogP contribution in [0.1, 0.15) is 58.4 Å². The average molecular weight is 278 g/mol. The van der Waals surface area contributed by atoms with Crippen molar-refractivity contribution in [3.8, 4) is 5.75 Å². The third-order valence-corrected chi connectivity index (χ3v) is 3.18. The van der Waals surface area contributed by atoms with Gasteiger partial charge in [-0.2, -0.15) is 0 Å². The molecule has 1 atom stereocenters. The lowest BCUT2D eigenvalue weighted by molar-refractivity contribution is -0.131. The topological polar surface area (TPSA) is 35.5 Å². The fourth-order valence-corrected chi connectivity index (χ4v) is 2.00. The smallest absolute Gasteiger partial charge is 0.308 e. The molecule has 0 amide bonds. The summed E-state index contributed by atoms with van der Waals surface area (Å²) < 4.78 is 10.8. The Balaban J connectivity index is 2.25. The van der Waals surface area contributed by atoms with Gasteiger partial charge in [0.1, 0.15) is 5.75 Å². The first-order valence-corrected chi connectivity index (χ1v) is 7.50. The third kappa shape index (κ3) is 7.29. The zero-order valence-electron chi connectivity index (χ0n) is 12.9. The maximum atomic E-state index is 10.8. The summed E-state index contributed by atoms with van der Waals surface area (Å²) in [5.74, 6) is 0.281. The molecule has 0 fully saturated rings. The highest BCUT2D eigenvalue weighted by atomic mass is 16.5. The van der Waals surface area contributed by atoms with Crippen LogP contribution in [0.5, 0.6) is 5.75 Å². The lowest BCUT2D eigenvalue weighted by atomic mass is 10.1. The van der Waals surface area contributed by atoms with Gasteiger partial charge in [0.05, 0.1) is 12.7 Å². The van der Waals surface area contributed by atoms with Crippen molar-refractivity contribution in [3.63, 3.8) is 0 Å². The van der Waals surface area contributed by atoms with E-state index in [1.54, 1.807) is 12.1 Å². The summed E-state index contributed by atoms with van der Waals surface area (Å²) in [4.78, 5) is 10.8. The second-order valence-electron chi connectivity index (χ2n) is 5.21. The molecular formula is C17H26O3. The van der Waals surface area contributed by atoms with Gasteiger partial charge in [0.25, 0.3) is 0 Å². The summed E-state index contributed by atoms with van der Waals surface area (Å²) in [6, 6.07) is 7.46. The molecule has 20 heavy (non-hydrogen) atoms. The molecule has 0 aliphatic carbocycles. The Morgan fingerprint density at radius 3 is 2.45 bits per heavy atom. The van der Waals surface area contributed by atoms with Crippen molar-refractivity contribution in [2.24, 2.45) is 0 Å². The molecule has 0 aliphatic rings. The number of ether oxygens (including phenoxy) is 2. The number of hydrogen-bond donors (Lipinski definition) is 0. The second kappa shape index (κ2) is 9.54. The SMILES string of the molecule is CCCCCCC(C)OCc1ccc(OC(C)=O)cc1. The van der Waals surface area contributed by atoms with Crippen LogP contribution in [0, 0.1) is 0 Å².